The first kappa shape index (κ1) is 13.2. The maximum atomic E-state index is 4.40. The van der Waals surface area contributed by atoms with Gasteiger partial charge in [0.05, 0.1) is 6.04 Å². The van der Waals surface area contributed by atoms with Gasteiger partial charge < -0.3 is 9.88 Å². The number of imidazole rings is 1. The van der Waals surface area contributed by atoms with E-state index in [0.29, 0.717) is 6.04 Å². The average molecular weight is 223 g/mol. The second-order valence-corrected chi connectivity index (χ2v) is 4.85. The second-order valence-electron chi connectivity index (χ2n) is 4.85. The van der Waals surface area contributed by atoms with Gasteiger partial charge in [-0.3, -0.25) is 0 Å². The molecule has 92 valence electrons. The van der Waals surface area contributed by atoms with E-state index in [0.717, 1.165) is 24.7 Å². The van der Waals surface area contributed by atoms with Crippen molar-refractivity contribution in [3.63, 3.8) is 0 Å². The molecule has 0 aromatic carbocycles. The van der Waals surface area contributed by atoms with E-state index < -0.39 is 0 Å². The SMILES string of the molecule is CCC(NCCCC(C)C)c1nccn1C. The lowest BCUT2D eigenvalue weighted by Crippen LogP contribution is -2.24. The van der Waals surface area contributed by atoms with Gasteiger partial charge in [0.2, 0.25) is 0 Å². The molecule has 1 heterocycles. The zero-order chi connectivity index (χ0) is 12.0. The molecule has 0 aliphatic rings. The zero-order valence-corrected chi connectivity index (χ0v) is 11.0. The Morgan fingerprint density at radius 3 is 2.69 bits per heavy atom. The lowest BCUT2D eigenvalue weighted by molar-refractivity contribution is 0.452. The molecule has 0 amide bonds. The van der Waals surface area contributed by atoms with Crippen LogP contribution in [0.25, 0.3) is 0 Å². The van der Waals surface area contributed by atoms with E-state index >= 15 is 0 Å². The van der Waals surface area contributed by atoms with Crippen LogP contribution in [0, 0.1) is 5.92 Å². The molecule has 0 saturated carbocycles. The van der Waals surface area contributed by atoms with Crippen LogP contribution in [-0.2, 0) is 7.05 Å². The molecule has 3 nitrogen and oxygen atoms in total. The van der Waals surface area contributed by atoms with Crippen molar-refractivity contribution in [1.82, 2.24) is 14.9 Å². The summed E-state index contributed by atoms with van der Waals surface area (Å²) in [6.07, 6.45) is 7.51. The molecular weight excluding hydrogens is 198 g/mol. The number of nitrogens with one attached hydrogen (secondary N) is 1. The molecule has 0 saturated heterocycles. The molecule has 16 heavy (non-hydrogen) atoms. The molecule has 0 spiro atoms. The van der Waals surface area contributed by atoms with E-state index in [9.17, 15) is 0 Å². The molecule has 1 unspecified atom stereocenters. The van der Waals surface area contributed by atoms with Gasteiger partial charge in [0.1, 0.15) is 5.82 Å². The van der Waals surface area contributed by atoms with Gasteiger partial charge in [0.25, 0.3) is 0 Å². The average Bonchev–Trinajstić information content (AvgIpc) is 2.65. The summed E-state index contributed by atoms with van der Waals surface area (Å²) in [6.45, 7) is 7.84. The van der Waals surface area contributed by atoms with Crippen molar-refractivity contribution in [2.24, 2.45) is 13.0 Å². The summed E-state index contributed by atoms with van der Waals surface area (Å²) in [4.78, 5) is 4.40. The van der Waals surface area contributed by atoms with Crippen molar-refractivity contribution >= 4 is 0 Å². The van der Waals surface area contributed by atoms with E-state index in [1.165, 1.54) is 12.8 Å². The summed E-state index contributed by atoms with van der Waals surface area (Å²) in [7, 11) is 2.06. The number of hydrogen-bond donors (Lipinski definition) is 1. The van der Waals surface area contributed by atoms with Crippen LogP contribution < -0.4 is 5.32 Å². The fourth-order valence-electron chi connectivity index (χ4n) is 1.92. The highest BCUT2D eigenvalue weighted by Gasteiger charge is 2.12. The van der Waals surface area contributed by atoms with Gasteiger partial charge in [0.15, 0.2) is 0 Å². The third kappa shape index (κ3) is 3.97. The number of aryl methyl sites for hydroxylation is 1. The predicted molar refractivity (Wildman–Crippen MR) is 68.3 cm³/mol. The highest BCUT2D eigenvalue weighted by molar-refractivity contribution is 4.98. The normalized spacial score (nSPS) is 13.3. The molecule has 1 N–H and O–H groups in total. The molecule has 1 rings (SSSR count). The van der Waals surface area contributed by atoms with Crippen molar-refractivity contribution in [3.05, 3.63) is 18.2 Å². The molecule has 0 aliphatic heterocycles. The maximum absolute atomic E-state index is 4.40. The summed E-state index contributed by atoms with van der Waals surface area (Å²) < 4.78 is 2.10. The number of rotatable bonds is 7. The first-order chi connectivity index (χ1) is 7.65. The van der Waals surface area contributed by atoms with Crippen molar-refractivity contribution in [2.75, 3.05) is 6.54 Å². The molecular formula is C13H25N3. The van der Waals surface area contributed by atoms with Crippen molar-refractivity contribution in [3.8, 4) is 0 Å². The zero-order valence-electron chi connectivity index (χ0n) is 11.0. The van der Waals surface area contributed by atoms with Crippen molar-refractivity contribution in [2.45, 2.75) is 46.1 Å². The summed E-state index contributed by atoms with van der Waals surface area (Å²) in [6, 6.07) is 0.396. The highest BCUT2D eigenvalue weighted by atomic mass is 15.1. The number of aromatic nitrogens is 2. The van der Waals surface area contributed by atoms with Crippen LogP contribution in [0.5, 0.6) is 0 Å². The monoisotopic (exact) mass is 223 g/mol. The molecule has 0 fully saturated rings. The first-order valence-corrected chi connectivity index (χ1v) is 6.35. The van der Waals surface area contributed by atoms with Gasteiger partial charge in [0, 0.05) is 19.4 Å². The third-order valence-corrected chi connectivity index (χ3v) is 2.93. The molecule has 1 atom stereocenters. The summed E-state index contributed by atoms with van der Waals surface area (Å²) in [5, 5.41) is 3.58. The van der Waals surface area contributed by atoms with Gasteiger partial charge in [-0.15, -0.1) is 0 Å². The van der Waals surface area contributed by atoms with Gasteiger partial charge in [-0.05, 0) is 31.7 Å². The Bertz CT molecular complexity index is 291. The van der Waals surface area contributed by atoms with Gasteiger partial charge in [-0.25, -0.2) is 4.98 Å². The van der Waals surface area contributed by atoms with Crippen molar-refractivity contribution in [1.29, 1.82) is 0 Å². The first-order valence-electron chi connectivity index (χ1n) is 6.35. The van der Waals surface area contributed by atoms with Crippen LogP contribution in [0.15, 0.2) is 12.4 Å². The van der Waals surface area contributed by atoms with Crippen LogP contribution in [0.2, 0.25) is 0 Å². The van der Waals surface area contributed by atoms with E-state index in [4.69, 9.17) is 0 Å². The molecule has 0 aliphatic carbocycles. The van der Waals surface area contributed by atoms with Gasteiger partial charge >= 0.3 is 0 Å². The van der Waals surface area contributed by atoms with Crippen LogP contribution in [0.4, 0.5) is 0 Å². The minimum absolute atomic E-state index is 0.396. The minimum Gasteiger partial charge on any atom is -0.337 e. The second kappa shape index (κ2) is 6.69. The number of hydrogen-bond acceptors (Lipinski definition) is 2. The lowest BCUT2D eigenvalue weighted by Gasteiger charge is -2.17. The Kier molecular flexibility index (Phi) is 5.53. The fourth-order valence-corrected chi connectivity index (χ4v) is 1.92. The van der Waals surface area contributed by atoms with Crippen LogP contribution >= 0.6 is 0 Å². The Morgan fingerprint density at radius 2 is 2.19 bits per heavy atom. The highest BCUT2D eigenvalue weighted by Crippen LogP contribution is 2.13. The minimum atomic E-state index is 0.396. The fraction of sp³-hybridized carbons (Fsp3) is 0.769. The Hall–Kier alpha value is -0.830. The molecule has 0 radical (unpaired) electrons. The van der Waals surface area contributed by atoms with Gasteiger partial charge in [-0.2, -0.15) is 0 Å². The Labute approximate surface area is 99.3 Å². The smallest absolute Gasteiger partial charge is 0.125 e. The molecule has 1 aromatic rings. The van der Waals surface area contributed by atoms with Crippen LogP contribution in [-0.4, -0.2) is 16.1 Å². The number of nitrogens with zero attached hydrogens (tertiary/aromatic N) is 2. The third-order valence-electron chi connectivity index (χ3n) is 2.93. The topological polar surface area (TPSA) is 29.9 Å². The van der Waals surface area contributed by atoms with Crippen LogP contribution in [0.3, 0.4) is 0 Å². The summed E-state index contributed by atoms with van der Waals surface area (Å²) in [5.74, 6) is 1.95. The molecule has 3 heteroatoms. The summed E-state index contributed by atoms with van der Waals surface area (Å²) in [5.41, 5.74) is 0. The van der Waals surface area contributed by atoms with E-state index in [1.54, 1.807) is 0 Å². The molecule has 0 bridgehead atoms. The Morgan fingerprint density at radius 1 is 1.44 bits per heavy atom. The molecule has 1 aromatic heterocycles. The standard InChI is InChI=1S/C13H25N3/c1-5-12(13-15-9-10-16(13)4)14-8-6-7-11(2)3/h9-12,14H,5-8H2,1-4H3. The quantitative estimate of drug-likeness (QED) is 0.720. The largest absolute Gasteiger partial charge is 0.337 e. The van der Waals surface area contributed by atoms with Crippen molar-refractivity contribution < 1.29 is 0 Å². The maximum Gasteiger partial charge on any atom is 0.125 e. The predicted octanol–water partition coefficient (Wildman–Crippen LogP) is 2.90. The Balaban J connectivity index is 2.36. The van der Waals surface area contributed by atoms with Crippen LogP contribution in [0.1, 0.15) is 51.9 Å². The van der Waals surface area contributed by atoms with Gasteiger partial charge in [-0.1, -0.05) is 20.8 Å². The van der Waals surface area contributed by atoms with E-state index in [2.05, 4.69) is 42.7 Å². The summed E-state index contributed by atoms with van der Waals surface area (Å²) >= 11 is 0. The van der Waals surface area contributed by atoms with E-state index in [-0.39, 0.29) is 0 Å². The van der Waals surface area contributed by atoms with E-state index in [1.807, 2.05) is 12.4 Å². The lowest BCUT2D eigenvalue weighted by atomic mass is 10.1.